The summed E-state index contributed by atoms with van der Waals surface area (Å²) in [5.74, 6) is -1.07. The lowest BCUT2D eigenvalue weighted by molar-refractivity contribution is 0.0695. The van der Waals surface area contributed by atoms with Crippen molar-refractivity contribution in [3.8, 4) is 0 Å². The fraction of sp³-hybridized carbons (Fsp3) is 0.636. The van der Waals surface area contributed by atoms with Crippen LogP contribution in [-0.2, 0) is 16.4 Å². The quantitative estimate of drug-likeness (QED) is 0.866. The smallest absolute Gasteiger partial charge is 0.339 e. The van der Waals surface area contributed by atoms with Crippen molar-refractivity contribution in [1.29, 1.82) is 0 Å². The number of hydrogen-bond donors (Lipinski definition) is 1. The molecule has 1 N–H and O–H groups in total. The second-order valence-electron chi connectivity index (χ2n) is 4.49. The Hall–Kier alpha value is -1.37. The van der Waals surface area contributed by atoms with Crippen LogP contribution in [0.4, 0.5) is 0 Å². The molecule has 1 heterocycles. The first-order chi connectivity index (χ1) is 8.16. The molecule has 0 aliphatic rings. The molecule has 0 radical (unpaired) electrons. The first-order valence-electron chi connectivity index (χ1n) is 5.65. The number of rotatable bonds is 5. The van der Waals surface area contributed by atoms with Gasteiger partial charge in [0.05, 0.1) is 28.9 Å². The molecule has 0 saturated carbocycles. The molecule has 6 nitrogen and oxygen atoms in total. The van der Waals surface area contributed by atoms with Crippen molar-refractivity contribution in [3.05, 3.63) is 17.0 Å². The molecule has 0 amide bonds. The van der Waals surface area contributed by atoms with Gasteiger partial charge in [0, 0.05) is 0 Å². The highest BCUT2D eigenvalue weighted by molar-refractivity contribution is 7.91. The summed E-state index contributed by atoms with van der Waals surface area (Å²) >= 11 is 0. The van der Waals surface area contributed by atoms with E-state index in [0.717, 1.165) is 0 Å². The lowest BCUT2D eigenvalue weighted by Crippen LogP contribution is -2.22. The molecule has 1 aromatic heterocycles. The minimum absolute atomic E-state index is 0.0360. The monoisotopic (exact) mass is 274 g/mol. The predicted molar refractivity (Wildman–Crippen MR) is 67.6 cm³/mol. The molecule has 0 atom stereocenters. The van der Waals surface area contributed by atoms with Crippen LogP contribution < -0.4 is 0 Å². The molecular formula is C11H18N2O4S. The molecule has 0 aromatic carbocycles. The SMILES string of the molecule is Cc1nn(CCS(=O)(=O)C(C)C)c(C)c1C(=O)O. The highest BCUT2D eigenvalue weighted by atomic mass is 32.2. The summed E-state index contributed by atoms with van der Waals surface area (Å²) < 4.78 is 24.8. The van der Waals surface area contributed by atoms with Gasteiger partial charge in [0.1, 0.15) is 5.56 Å². The molecule has 0 unspecified atom stereocenters. The van der Waals surface area contributed by atoms with Gasteiger partial charge in [0.25, 0.3) is 0 Å². The normalized spacial score (nSPS) is 12.1. The number of sulfone groups is 1. The largest absolute Gasteiger partial charge is 0.478 e. The van der Waals surface area contributed by atoms with Crippen molar-refractivity contribution in [2.45, 2.75) is 39.5 Å². The first-order valence-corrected chi connectivity index (χ1v) is 7.37. The van der Waals surface area contributed by atoms with Crippen LogP contribution in [-0.4, -0.2) is 40.3 Å². The Bertz CT molecular complexity index is 558. The van der Waals surface area contributed by atoms with Crippen molar-refractivity contribution in [3.63, 3.8) is 0 Å². The summed E-state index contributed by atoms with van der Waals surface area (Å²) in [5, 5.41) is 12.6. The zero-order valence-corrected chi connectivity index (χ0v) is 11.8. The van der Waals surface area contributed by atoms with Gasteiger partial charge in [-0.05, 0) is 27.7 Å². The zero-order chi connectivity index (χ0) is 14.1. The van der Waals surface area contributed by atoms with E-state index in [4.69, 9.17) is 5.11 Å². The summed E-state index contributed by atoms with van der Waals surface area (Å²) in [6.07, 6.45) is 0. The maximum absolute atomic E-state index is 11.7. The Morgan fingerprint density at radius 1 is 1.39 bits per heavy atom. The number of carboxylic acid groups (broad SMARTS) is 1. The summed E-state index contributed by atoms with van der Waals surface area (Å²) in [6.45, 7) is 6.66. The van der Waals surface area contributed by atoms with Gasteiger partial charge in [0.2, 0.25) is 0 Å². The second kappa shape index (κ2) is 5.09. The summed E-state index contributed by atoms with van der Waals surface area (Å²) in [5.41, 5.74) is 1.04. The van der Waals surface area contributed by atoms with E-state index >= 15 is 0 Å². The molecule has 0 spiro atoms. The van der Waals surface area contributed by atoms with Crippen molar-refractivity contribution in [2.24, 2.45) is 0 Å². The van der Waals surface area contributed by atoms with Crippen LogP contribution in [0.1, 0.15) is 35.6 Å². The number of aryl methyl sites for hydroxylation is 2. The molecule has 7 heteroatoms. The van der Waals surface area contributed by atoms with Crippen molar-refractivity contribution in [1.82, 2.24) is 9.78 Å². The lowest BCUT2D eigenvalue weighted by atomic mass is 10.2. The molecule has 0 saturated heterocycles. The molecule has 1 rings (SSSR count). The van der Waals surface area contributed by atoms with Crippen LogP contribution in [0.3, 0.4) is 0 Å². The standard InChI is InChI=1S/C11H18N2O4S/c1-7(2)18(16,17)6-5-13-9(4)10(11(14)15)8(3)12-13/h7H,5-6H2,1-4H3,(H,14,15). The molecule has 102 valence electrons. The molecule has 0 aliphatic carbocycles. The van der Waals surface area contributed by atoms with Crippen LogP contribution in [0.25, 0.3) is 0 Å². The number of carbonyl (C=O) groups is 1. The number of aromatic carboxylic acids is 1. The maximum Gasteiger partial charge on any atom is 0.339 e. The molecule has 0 aliphatic heterocycles. The molecular weight excluding hydrogens is 256 g/mol. The van der Waals surface area contributed by atoms with Crippen molar-refractivity contribution in [2.75, 3.05) is 5.75 Å². The molecule has 18 heavy (non-hydrogen) atoms. The van der Waals surface area contributed by atoms with Crippen molar-refractivity contribution >= 4 is 15.8 Å². The van der Waals surface area contributed by atoms with E-state index < -0.39 is 21.1 Å². The zero-order valence-electron chi connectivity index (χ0n) is 11.0. The third kappa shape index (κ3) is 2.90. The fourth-order valence-electron chi connectivity index (χ4n) is 1.67. The molecule has 0 bridgehead atoms. The van der Waals surface area contributed by atoms with Gasteiger partial charge < -0.3 is 5.11 Å². The third-order valence-corrected chi connectivity index (χ3v) is 5.09. The van der Waals surface area contributed by atoms with E-state index in [1.54, 1.807) is 27.7 Å². The maximum atomic E-state index is 11.7. The lowest BCUT2D eigenvalue weighted by Gasteiger charge is -2.08. The third-order valence-electron chi connectivity index (χ3n) is 2.90. The highest BCUT2D eigenvalue weighted by Crippen LogP contribution is 2.13. The van der Waals surface area contributed by atoms with E-state index in [1.807, 2.05) is 0 Å². The van der Waals surface area contributed by atoms with Crippen LogP contribution >= 0.6 is 0 Å². The number of hydrogen-bond acceptors (Lipinski definition) is 4. The second-order valence-corrected chi connectivity index (χ2v) is 7.17. The Labute approximate surface area is 107 Å². The average molecular weight is 274 g/mol. The van der Waals surface area contributed by atoms with Gasteiger partial charge in [-0.2, -0.15) is 5.10 Å². The van der Waals surface area contributed by atoms with E-state index in [9.17, 15) is 13.2 Å². The van der Waals surface area contributed by atoms with Crippen LogP contribution in [0.5, 0.6) is 0 Å². The van der Waals surface area contributed by atoms with Gasteiger partial charge in [0.15, 0.2) is 9.84 Å². The van der Waals surface area contributed by atoms with Gasteiger partial charge in [-0.25, -0.2) is 13.2 Å². The number of nitrogens with zero attached hydrogens (tertiary/aromatic N) is 2. The van der Waals surface area contributed by atoms with Crippen LogP contribution in [0.15, 0.2) is 0 Å². The van der Waals surface area contributed by atoms with Gasteiger partial charge in [-0.1, -0.05) is 0 Å². The van der Waals surface area contributed by atoms with Crippen LogP contribution in [0, 0.1) is 13.8 Å². The minimum atomic E-state index is -3.15. The van der Waals surface area contributed by atoms with Crippen molar-refractivity contribution < 1.29 is 18.3 Å². The van der Waals surface area contributed by atoms with E-state index in [-0.39, 0.29) is 17.9 Å². The fourth-order valence-corrected chi connectivity index (χ4v) is 2.57. The van der Waals surface area contributed by atoms with E-state index in [0.29, 0.717) is 11.4 Å². The number of carboxylic acids is 1. The first kappa shape index (κ1) is 14.7. The topological polar surface area (TPSA) is 89.3 Å². The van der Waals surface area contributed by atoms with Gasteiger partial charge in [-0.3, -0.25) is 4.68 Å². The Balaban J connectivity index is 2.95. The van der Waals surface area contributed by atoms with Crippen LogP contribution in [0.2, 0.25) is 0 Å². The van der Waals surface area contributed by atoms with Gasteiger partial charge >= 0.3 is 5.97 Å². The van der Waals surface area contributed by atoms with Gasteiger partial charge in [-0.15, -0.1) is 0 Å². The molecule has 0 fully saturated rings. The average Bonchev–Trinajstić information content (AvgIpc) is 2.50. The van der Waals surface area contributed by atoms with E-state index in [1.165, 1.54) is 4.68 Å². The summed E-state index contributed by atoms with van der Waals surface area (Å²) in [6, 6.07) is 0. The number of aromatic nitrogens is 2. The van der Waals surface area contributed by atoms with E-state index in [2.05, 4.69) is 5.10 Å². The Morgan fingerprint density at radius 3 is 2.33 bits per heavy atom. The summed E-state index contributed by atoms with van der Waals surface area (Å²) in [7, 11) is -3.15. The highest BCUT2D eigenvalue weighted by Gasteiger charge is 2.20. The minimum Gasteiger partial charge on any atom is -0.478 e. The predicted octanol–water partition coefficient (Wildman–Crippen LogP) is 1.02. The molecule has 1 aromatic rings. The Morgan fingerprint density at radius 2 is 1.94 bits per heavy atom. The Kier molecular flexibility index (Phi) is 4.16. The summed E-state index contributed by atoms with van der Waals surface area (Å²) in [4.78, 5) is 11.0.